The predicted molar refractivity (Wildman–Crippen MR) is 72.9 cm³/mol. The average molecular weight is 268 g/mol. The molecule has 1 heterocycles. The number of pyridine rings is 1. The highest BCUT2D eigenvalue weighted by atomic mass is 35.5. The first-order valence-corrected chi connectivity index (χ1v) is 6.68. The molecule has 0 bridgehead atoms. The van der Waals surface area contributed by atoms with Crippen LogP contribution in [0.25, 0.3) is 0 Å². The van der Waals surface area contributed by atoms with Gasteiger partial charge in [-0.25, -0.2) is 0 Å². The van der Waals surface area contributed by atoms with Gasteiger partial charge in [0.25, 0.3) is 0 Å². The summed E-state index contributed by atoms with van der Waals surface area (Å²) in [5.41, 5.74) is 0.811. The Hall–Kier alpha value is -1.22. The zero-order valence-electron chi connectivity index (χ0n) is 10.5. The minimum absolute atomic E-state index is 0.109. The van der Waals surface area contributed by atoms with E-state index in [-0.39, 0.29) is 11.5 Å². The third-order valence-electron chi connectivity index (χ3n) is 3.29. The second kappa shape index (κ2) is 5.61. The van der Waals surface area contributed by atoms with E-state index in [9.17, 15) is 4.79 Å². The molecular weight excluding hydrogens is 250 g/mol. The van der Waals surface area contributed by atoms with Gasteiger partial charge in [-0.3, -0.25) is 4.79 Å². The molecule has 1 saturated carbocycles. The molecule has 0 aromatic carbocycles. The molecule has 0 saturated heterocycles. The number of aromatic nitrogens is 1. The number of hydrogen-bond acceptors (Lipinski definition) is 2. The Morgan fingerprint density at radius 1 is 1.67 bits per heavy atom. The fraction of sp³-hybridized carbons (Fsp3) is 0.500. The van der Waals surface area contributed by atoms with Gasteiger partial charge in [0.15, 0.2) is 0 Å². The molecule has 1 aliphatic carbocycles. The van der Waals surface area contributed by atoms with Crippen LogP contribution in [0.2, 0.25) is 5.02 Å². The third kappa shape index (κ3) is 3.16. The Labute approximate surface area is 112 Å². The largest absolute Gasteiger partial charge is 0.499 e. The van der Waals surface area contributed by atoms with Gasteiger partial charge in [-0.2, -0.15) is 0 Å². The maximum atomic E-state index is 11.4. The van der Waals surface area contributed by atoms with E-state index in [4.69, 9.17) is 16.3 Å². The highest BCUT2D eigenvalue weighted by Crippen LogP contribution is 2.46. The Morgan fingerprint density at radius 2 is 2.39 bits per heavy atom. The SMILES string of the molecule is C=C(CC(c1cc(=O)[nH]cc1Cl)C1CC1)OCC. The number of hydrogen-bond donors (Lipinski definition) is 1. The van der Waals surface area contributed by atoms with Crippen molar-refractivity contribution in [3.8, 4) is 0 Å². The Morgan fingerprint density at radius 3 is 3.00 bits per heavy atom. The fourth-order valence-corrected chi connectivity index (χ4v) is 2.54. The van der Waals surface area contributed by atoms with Crippen molar-refractivity contribution in [1.29, 1.82) is 0 Å². The number of allylic oxidation sites excluding steroid dienone is 1. The Kier molecular flexibility index (Phi) is 4.12. The quantitative estimate of drug-likeness (QED) is 0.802. The third-order valence-corrected chi connectivity index (χ3v) is 3.62. The smallest absolute Gasteiger partial charge is 0.248 e. The van der Waals surface area contributed by atoms with E-state index in [1.54, 1.807) is 12.3 Å². The normalized spacial score (nSPS) is 16.3. The van der Waals surface area contributed by atoms with Crippen molar-refractivity contribution in [2.45, 2.75) is 32.1 Å². The minimum Gasteiger partial charge on any atom is -0.499 e. The molecule has 1 aromatic heterocycles. The van der Waals surface area contributed by atoms with E-state index in [0.29, 0.717) is 17.5 Å². The summed E-state index contributed by atoms with van der Waals surface area (Å²) in [4.78, 5) is 14.0. The number of halogens is 1. The van der Waals surface area contributed by atoms with Crippen LogP contribution < -0.4 is 5.56 Å². The summed E-state index contributed by atoms with van der Waals surface area (Å²) in [6, 6.07) is 1.60. The van der Waals surface area contributed by atoms with Gasteiger partial charge in [-0.15, -0.1) is 0 Å². The monoisotopic (exact) mass is 267 g/mol. The predicted octanol–water partition coefficient (Wildman–Crippen LogP) is 3.46. The number of aromatic amines is 1. The molecule has 1 atom stereocenters. The van der Waals surface area contributed by atoms with Crippen molar-refractivity contribution in [3.63, 3.8) is 0 Å². The summed E-state index contributed by atoms with van der Waals surface area (Å²) in [7, 11) is 0. The standard InChI is InChI=1S/C14H18ClNO2/c1-3-18-9(2)6-11(10-4-5-10)12-7-14(17)16-8-13(12)15/h7-8,10-11H,2-6H2,1H3,(H,16,17). The maximum absolute atomic E-state index is 11.4. The number of H-pyrrole nitrogens is 1. The lowest BCUT2D eigenvalue weighted by atomic mass is 9.91. The van der Waals surface area contributed by atoms with Crippen LogP contribution in [0.15, 0.2) is 29.4 Å². The van der Waals surface area contributed by atoms with E-state index in [1.807, 2.05) is 6.92 Å². The minimum atomic E-state index is -0.109. The Bertz CT molecular complexity index is 491. The van der Waals surface area contributed by atoms with Crippen molar-refractivity contribution in [3.05, 3.63) is 45.5 Å². The van der Waals surface area contributed by atoms with Gasteiger partial charge in [-0.1, -0.05) is 18.2 Å². The van der Waals surface area contributed by atoms with Gasteiger partial charge >= 0.3 is 0 Å². The molecular formula is C14H18ClNO2. The highest BCUT2D eigenvalue weighted by Gasteiger charge is 2.34. The van der Waals surface area contributed by atoms with Crippen LogP contribution in [0.4, 0.5) is 0 Å². The second-order valence-electron chi connectivity index (χ2n) is 4.72. The van der Waals surface area contributed by atoms with Crippen molar-refractivity contribution in [1.82, 2.24) is 4.98 Å². The molecule has 1 fully saturated rings. The van der Waals surface area contributed by atoms with Crippen molar-refractivity contribution < 1.29 is 4.74 Å². The summed E-state index contributed by atoms with van der Waals surface area (Å²) in [6.07, 6.45) is 4.68. The number of rotatable bonds is 6. The summed E-state index contributed by atoms with van der Waals surface area (Å²) in [6.45, 7) is 6.49. The summed E-state index contributed by atoms with van der Waals surface area (Å²) >= 11 is 6.18. The topological polar surface area (TPSA) is 42.1 Å². The zero-order valence-corrected chi connectivity index (χ0v) is 11.3. The van der Waals surface area contributed by atoms with Crippen molar-refractivity contribution >= 4 is 11.6 Å². The van der Waals surface area contributed by atoms with Crippen LogP contribution in [0.3, 0.4) is 0 Å². The molecule has 2 rings (SSSR count). The molecule has 0 aliphatic heterocycles. The first-order valence-electron chi connectivity index (χ1n) is 6.30. The van der Waals surface area contributed by atoms with Crippen molar-refractivity contribution in [2.24, 2.45) is 5.92 Å². The van der Waals surface area contributed by atoms with Gasteiger partial charge < -0.3 is 9.72 Å². The van der Waals surface area contributed by atoms with Gasteiger partial charge in [0, 0.05) is 18.7 Å². The highest BCUT2D eigenvalue weighted by molar-refractivity contribution is 6.31. The summed E-state index contributed by atoms with van der Waals surface area (Å²) in [5, 5.41) is 0.621. The van der Waals surface area contributed by atoms with E-state index in [0.717, 1.165) is 17.7 Å². The first kappa shape index (κ1) is 13.2. The van der Waals surface area contributed by atoms with Gasteiger partial charge in [0.1, 0.15) is 0 Å². The van der Waals surface area contributed by atoms with Crippen LogP contribution in [-0.2, 0) is 4.74 Å². The molecule has 4 heteroatoms. The van der Waals surface area contributed by atoms with E-state index in [2.05, 4.69) is 11.6 Å². The molecule has 1 aliphatic rings. The lowest BCUT2D eigenvalue weighted by Crippen LogP contribution is -2.11. The molecule has 3 nitrogen and oxygen atoms in total. The van der Waals surface area contributed by atoms with Crippen LogP contribution >= 0.6 is 11.6 Å². The van der Waals surface area contributed by atoms with E-state index >= 15 is 0 Å². The molecule has 1 aromatic rings. The molecule has 98 valence electrons. The summed E-state index contributed by atoms with van der Waals surface area (Å²) in [5.74, 6) is 1.62. The maximum Gasteiger partial charge on any atom is 0.248 e. The van der Waals surface area contributed by atoms with Gasteiger partial charge in [0.2, 0.25) is 5.56 Å². The van der Waals surface area contributed by atoms with Crippen LogP contribution in [0.5, 0.6) is 0 Å². The zero-order chi connectivity index (χ0) is 13.1. The Balaban J connectivity index is 2.21. The van der Waals surface area contributed by atoms with Gasteiger partial charge in [0.05, 0.1) is 17.4 Å². The van der Waals surface area contributed by atoms with Crippen LogP contribution in [0.1, 0.15) is 37.7 Å². The van der Waals surface area contributed by atoms with E-state index in [1.165, 1.54) is 12.8 Å². The molecule has 0 radical (unpaired) electrons. The van der Waals surface area contributed by atoms with Crippen LogP contribution in [-0.4, -0.2) is 11.6 Å². The molecule has 1 N–H and O–H groups in total. The molecule has 0 spiro atoms. The molecule has 18 heavy (non-hydrogen) atoms. The average Bonchev–Trinajstić information content (AvgIpc) is 3.14. The second-order valence-corrected chi connectivity index (χ2v) is 5.13. The number of nitrogens with one attached hydrogen (secondary N) is 1. The lowest BCUT2D eigenvalue weighted by Gasteiger charge is -2.19. The van der Waals surface area contributed by atoms with Gasteiger partial charge in [-0.05, 0) is 37.2 Å². The van der Waals surface area contributed by atoms with Crippen LogP contribution in [0, 0.1) is 5.92 Å². The number of ether oxygens (including phenoxy) is 1. The van der Waals surface area contributed by atoms with E-state index < -0.39 is 0 Å². The molecule has 0 amide bonds. The lowest BCUT2D eigenvalue weighted by molar-refractivity contribution is 0.213. The van der Waals surface area contributed by atoms with Crippen molar-refractivity contribution in [2.75, 3.05) is 6.61 Å². The fourth-order valence-electron chi connectivity index (χ4n) is 2.29. The summed E-state index contributed by atoms with van der Waals surface area (Å²) < 4.78 is 5.42. The molecule has 1 unspecified atom stereocenters. The first-order chi connectivity index (χ1) is 8.61.